The second kappa shape index (κ2) is 53.3. The van der Waals surface area contributed by atoms with Gasteiger partial charge < -0.3 is 69.5 Å². The fraction of sp³-hybridized carbons (Fsp3) is 0.232. The van der Waals surface area contributed by atoms with E-state index in [1.165, 1.54) is 12.5 Å². The van der Waals surface area contributed by atoms with E-state index < -0.39 is 33.6 Å². The number of Topliss-reactive ketones (excluding diaryl/α,β-unsaturated/α-hetero) is 1. The number of anilines is 6. The molecule has 0 radical (unpaired) electrons. The van der Waals surface area contributed by atoms with Gasteiger partial charge in [-0.2, -0.15) is 0 Å². The highest BCUT2D eigenvalue weighted by Gasteiger charge is 2.30. The number of hydrogen-bond donors (Lipinski definition) is 13. The Morgan fingerprint density at radius 2 is 0.624 bits per heavy atom. The lowest BCUT2D eigenvalue weighted by Crippen LogP contribution is -2.43. The average Bonchev–Trinajstić information content (AvgIpc) is 0.824. The van der Waals surface area contributed by atoms with Crippen molar-refractivity contribution < 1.29 is 38.4 Å². The van der Waals surface area contributed by atoms with Gasteiger partial charge in [-0.3, -0.25) is 19.6 Å². The number of allylic oxidation sites excluding steroid dienone is 2. The zero-order valence-electron chi connectivity index (χ0n) is 89.8. The number of aryl methyl sites for hydroxylation is 5. The van der Waals surface area contributed by atoms with Crippen molar-refractivity contribution in [2.45, 2.75) is 179 Å². The number of nitrogens with one attached hydrogen (secondary N) is 12. The van der Waals surface area contributed by atoms with Gasteiger partial charge in [0.25, 0.3) is 0 Å². The molecule has 14 aromatic carbocycles. The molecule has 0 bridgehead atoms. The maximum absolute atomic E-state index is 12.6. The van der Waals surface area contributed by atoms with Crippen LogP contribution < -0.4 is 69.5 Å². The summed E-state index contributed by atoms with van der Waals surface area (Å²) in [6, 6.07) is 104. The largest absolute Gasteiger partial charge is 0.366 e. The Kier molecular flexibility index (Phi) is 41.5. The summed E-state index contributed by atoms with van der Waals surface area (Å²) < 4.78 is 0. The molecule has 0 fully saturated rings. The van der Waals surface area contributed by atoms with Crippen molar-refractivity contribution in [2.75, 3.05) is 46.0 Å². The smallest absolute Gasteiger partial charge is 0.319 e. The Labute approximate surface area is 883 Å². The number of aliphatic imine (C=N–C) groups is 2. The van der Waals surface area contributed by atoms with Crippen LogP contribution in [-0.2, 0) is 27.7 Å². The lowest BCUT2D eigenvalue weighted by molar-refractivity contribution is 0.0995. The lowest BCUT2D eigenvalue weighted by Gasteiger charge is -2.27. The molecule has 1 unspecified atom stereocenters. The highest BCUT2D eigenvalue weighted by molar-refractivity contribution is 6.31. The van der Waals surface area contributed by atoms with Crippen molar-refractivity contribution in [2.24, 2.45) is 15.7 Å². The molecule has 772 valence electrons. The summed E-state index contributed by atoms with van der Waals surface area (Å²) in [4.78, 5) is 105. The molecule has 0 aliphatic carbocycles. The van der Waals surface area contributed by atoms with E-state index in [2.05, 4.69) is 135 Å². The van der Waals surface area contributed by atoms with Gasteiger partial charge in [-0.05, 0) is 331 Å². The first kappa shape index (κ1) is 116. The number of hydrogen-bond acceptors (Lipinski definition) is 10. The Balaban J connectivity index is 0.000000199. The molecular formula is C125H142ClN15O8. The van der Waals surface area contributed by atoms with Crippen molar-refractivity contribution in [1.29, 1.82) is 0 Å². The summed E-state index contributed by atoms with van der Waals surface area (Å²) in [5, 5.41) is 37.9. The zero-order chi connectivity index (χ0) is 109. The molecule has 0 saturated carbocycles. The number of ketones is 1. The van der Waals surface area contributed by atoms with E-state index in [0.29, 0.717) is 27.5 Å². The van der Waals surface area contributed by atoms with E-state index in [-0.39, 0.29) is 48.0 Å². The number of urea groups is 6. The number of nitrogens with zero attached hydrogens (tertiary/aromatic N) is 2. The second-order valence-electron chi connectivity index (χ2n) is 39.5. The standard InChI is InChI=1S/C23H25N3O.C23H24N2O.C21H26N4O2.C20H23ClN2O.C19H22N2O2.C19H22N2O/c1-16(24-4)18-10-7-11-20(14-18)23(2,3)26-22(27)25-21-13-12-17-8-5-6-9-19(17)15-21;1-17-9-15-21(16-10-17)24-22(26)25-23(2,3)20-13-11-19(12-14-20)18-7-5-4-6-8-18;1-13-9-10-17(12-18(13)19(22)26)24-20(27)25-21(3,4)16-8-6-7-15(11-16)14(2)23-5;1-13(2)15-7-6-8-16(11-15)20(4,5)23-19(24)22-17-10-9-14(3)18(21)12-17;1-13-8-10-17(11-9-13)20-18(23)21-19(3,4)16-7-5-6-15(12-16)14(2)22;1-13(2)16-7-9-17(10-8-16)15(4)20-19(22)21-18-11-5-14(3)6-12-18/h5-15H,1-4H3,(H2,25,26,27);4-16H,1-3H3,(H2,24,25,26);6-12H,1-5H3,(H2,22,26)(H2,24,25,27);6-12H,1H2,2-5H3,(H2,22,23,24);5-12H,1-4H3,(H2,20,21,23);5-12,15H,1H2,2-4H3,(H2,20,21,22). The number of carbonyl (C=O) groups is 8. The van der Waals surface area contributed by atoms with Crippen LogP contribution in [0.25, 0.3) is 33.0 Å². The van der Waals surface area contributed by atoms with Gasteiger partial charge in [-0.15, -0.1) is 0 Å². The Hall–Kier alpha value is -16.8. The quantitative estimate of drug-likeness (QED) is 0.0192. The number of amides is 13. The molecule has 14 aromatic rings. The molecule has 14 N–H and O–H groups in total. The molecule has 0 saturated heterocycles. The number of fused-ring (bicyclic) bond motifs is 1. The minimum Gasteiger partial charge on any atom is -0.366 e. The van der Waals surface area contributed by atoms with Crippen molar-refractivity contribution in [3.63, 3.8) is 0 Å². The molecule has 0 spiro atoms. The molecule has 149 heavy (non-hydrogen) atoms. The van der Waals surface area contributed by atoms with Crippen LogP contribution in [0.5, 0.6) is 0 Å². The Morgan fingerprint density at radius 3 is 1.01 bits per heavy atom. The van der Waals surface area contributed by atoms with Crippen LogP contribution >= 0.6 is 11.6 Å². The summed E-state index contributed by atoms with van der Waals surface area (Å²) in [5.41, 5.74) is 29.6. The number of carbonyl (C=O) groups excluding carboxylic acids is 8. The van der Waals surface area contributed by atoms with Gasteiger partial charge in [0.1, 0.15) is 0 Å². The predicted molar refractivity (Wildman–Crippen MR) is 620 cm³/mol. The first-order valence-electron chi connectivity index (χ1n) is 49.2. The molecule has 0 aliphatic rings. The summed E-state index contributed by atoms with van der Waals surface area (Å²) in [6.45, 7) is 48.6. The van der Waals surface area contributed by atoms with Crippen LogP contribution in [-0.4, -0.2) is 73.4 Å². The van der Waals surface area contributed by atoms with E-state index in [1.807, 2.05) is 380 Å². The second-order valence-corrected chi connectivity index (χ2v) is 39.9. The molecular weight excluding hydrogens is 1870 g/mol. The van der Waals surface area contributed by atoms with Crippen molar-refractivity contribution >= 4 is 127 Å². The Morgan fingerprint density at radius 1 is 0.302 bits per heavy atom. The molecule has 24 heteroatoms. The van der Waals surface area contributed by atoms with Crippen LogP contribution in [0.4, 0.5) is 62.9 Å². The van der Waals surface area contributed by atoms with Gasteiger partial charge in [0, 0.05) is 75.8 Å². The van der Waals surface area contributed by atoms with Crippen molar-refractivity contribution in [3.8, 4) is 11.1 Å². The normalized spacial score (nSPS) is 11.4. The van der Waals surface area contributed by atoms with Crippen LogP contribution in [0.3, 0.4) is 0 Å². The van der Waals surface area contributed by atoms with E-state index in [1.54, 1.807) is 51.4 Å². The number of nitrogens with two attached hydrogens (primary N) is 1. The van der Waals surface area contributed by atoms with Gasteiger partial charge in [-0.25, -0.2) is 28.8 Å². The van der Waals surface area contributed by atoms with Gasteiger partial charge in [-0.1, -0.05) is 283 Å². The summed E-state index contributed by atoms with van der Waals surface area (Å²) in [6.07, 6.45) is 0. The molecule has 0 aliphatic heterocycles. The fourth-order valence-electron chi connectivity index (χ4n) is 15.4. The van der Waals surface area contributed by atoms with Crippen LogP contribution in [0, 0.1) is 34.6 Å². The van der Waals surface area contributed by atoms with Crippen molar-refractivity contribution in [3.05, 3.63) is 440 Å². The van der Waals surface area contributed by atoms with E-state index >= 15 is 0 Å². The molecule has 1 atom stereocenters. The number of benzene rings is 14. The number of primary amides is 1. The average molecular weight is 2020 g/mol. The number of halogens is 1. The first-order valence-corrected chi connectivity index (χ1v) is 49.5. The third-order valence-corrected chi connectivity index (χ3v) is 25.4. The first-order chi connectivity index (χ1) is 70.4. The van der Waals surface area contributed by atoms with Crippen LogP contribution in [0.15, 0.2) is 351 Å². The highest BCUT2D eigenvalue weighted by atomic mass is 35.5. The monoisotopic (exact) mass is 2020 g/mol. The maximum atomic E-state index is 12.6. The van der Waals surface area contributed by atoms with Crippen molar-refractivity contribution in [1.82, 2.24) is 31.9 Å². The van der Waals surface area contributed by atoms with E-state index in [0.717, 1.165) is 145 Å². The number of rotatable bonds is 25. The molecule has 23 nitrogen and oxygen atoms in total. The third kappa shape index (κ3) is 36.1. The predicted octanol–water partition coefficient (Wildman–Crippen LogP) is 29.5. The fourth-order valence-corrected chi connectivity index (χ4v) is 15.6. The summed E-state index contributed by atoms with van der Waals surface area (Å²) >= 11 is 6.09. The van der Waals surface area contributed by atoms with Gasteiger partial charge in [0.05, 0.1) is 33.7 Å². The van der Waals surface area contributed by atoms with Crippen LogP contribution in [0.2, 0.25) is 5.02 Å². The molecule has 13 amide bonds. The topological polar surface area (TPSA) is 332 Å². The molecule has 14 rings (SSSR count). The lowest BCUT2D eigenvalue weighted by atomic mass is 9.92. The van der Waals surface area contributed by atoms with E-state index in [9.17, 15) is 38.4 Å². The SMILES string of the molecule is C=C(C)c1ccc(C(C)NC(=O)Nc2ccc(C)cc2)cc1.C=C(C)c1cccc(C(C)(C)NC(=O)Nc2ccc(C)c(Cl)c2)c1.CC(=O)c1cccc(C(C)(C)NC(=O)Nc2ccc(C)cc2)c1.CN=C(C)c1cccc(C(C)(C)NC(=O)Nc2ccc(C)c(C(N)=O)c2)c1.CN=C(C)c1cccc(C(C)(C)NC(=O)Nc2ccc3ccccc3c2)c1.Cc1ccc(NC(=O)NC(C)(C)c2ccc(-c3ccccc3)cc2)cc1. The maximum Gasteiger partial charge on any atom is 0.319 e. The van der Waals surface area contributed by atoms with Gasteiger partial charge in [0.15, 0.2) is 5.78 Å². The summed E-state index contributed by atoms with van der Waals surface area (Å²) in [5.74, 6) is -0.520. The summed E-state index contributed by atoms with van der Waals surface area (Å²) in [7, 11) is 3.53. The van der Waals surface area contributed by atoms with Gasteiger partial charge in [0.2, 0.25) is 5.91 Å². The highest BCUT2D eigenvalue weighted by Crippen LogP contribution is 2.32. The zero-order valence-corrected chi connectivity index (χ0v) is 90.5. The minimum atomic E-state index is -0.606. The van der Waals surface area contributed by atoms with Gasteiger partial charge >= 0.3 is 36.2 Å². The Bertz CT molecular complexity index is 7120. The molecule has 0 aromatic heterocycles. The van der Waals surface area contributed by atoms with Crippen LogP contribution in [0.1, 0.15) is 221 Å². The molecule has 0 heterocycles. The minimum absolute atomic E-state index is 0.00626. The third-order valence-electron chi connectivity index (χ3n) is 25.0. The van der Waals surface area contributed by atoms with E-state index in [4.69, 9.17) is 17.3 Å².